The van der Waals surface area contributed by atoms with Gasteiger partial charge in [-0.1, -0.05) is 30.3 Å². The lowest BCUT2D eigenvalue weighted by atomic mass is 10.1. The molecule has 0 unspecified atom stereocenters. The topological polar surface area (TPSA) is 29.4 Å². The van der Waals surface area contributed by atoms with Gasteiger partial charge in [0.15, 0.2) is 0 Å². The van der Waals surface area contributed by atoms with Crippen molar-refractivity contribution in [2.45, 2.75) is 0 Å². The summed E-state index contributed by atoms with van der Waals surface area (Å²) in [6, 6.07) is 4.97. The molecule has 0 radical (unpaired) electrons. The van der Waals surface area contributed by atoms with Crippen LogP contribution in [0.5, 0.6) is 0 Å². The molecule has 66 valence electrons. The fourth-order valence-electron chi connectivity index (χ4n) is 0.982. The number of hydrogen-bond acceptors (Lipinski definition) is 2. The van der Waals surface area contributed by atoms with Crippen LogP contribution in [0.25, 0.3) is 5.03 Å². The number of aliphatic imine (C=N–C) groups is 1. The summed E-state index contributed by atoms with van der Waals surface area (Å²) < 4.78 is 0. The zero-order valence-corrected chi connectivity index (χ0v) is 7.71. The summed E-state index contributed by atoms with van der Waals surface area (Å²) in [7, 11) is 0. The van der Waals surface area contributed by atoms with Gasteiger partial charge in [-0.25, -0.2) is 0 Å². The number of benzene rings is 1. The molecule has 0 atom stereocenters. The zero-order valence-electron chi connectivity index (χ0n) is 6.96. The summed E-state index contributed by atoms with van der Waals surface area (Å²) in [6.45, 7) is 6.96. The van der Waals surface area contributed by atoms with Crippen molar-refractivity contribution in [3.63, 3.8) is 0 Å². The van der Waals surface area contributed by atoms with Crippen LogP contribution in [0.2, 0.25) is 0 Å². The average molecular weight is 194 g/mol. The lowest BCUT2D eigenvalue weighted by Crippen LogP contribution is -1.82. The number of carbonyl (C=O) groups is 1. The van der Waals surface area contributed by atoms with E-state index in [1.54, 1.807) is 18.2 Å². The molecule has 0 fully saturated rings. The van der Waals surface area contributed by atoms with Crippen LogP contribution in [0.15, 0.2) is 29.8 Å². The first-order chi connectivity index (χ1) is 6.19. The fourth-order valence-corrected chi connectivity index (χ4v) is 1.14. The first kappa shape index (κ1) is 9.68. The molecule has 1 rings (SSSR count). The van der Waals surface area contributed by atoms with Crippen LogP contribution in [0, 0.1) is 0 Å². The van der Waals surface area contributed by atoms with Crippen molar-refractivity contribution >= 4 is 35.3 Å². The Balaban J connectivity index is 3.31. The first-order valence-corrected chi connectivity index (χ1v) is 3.97. The Morgan fingerprint density at radius 1 is 1.54 bits per heavy atom. The lowest BCUT2D eigenvalue weighted by Gasteiger charge is -2.02. The highest BCUT2D eigenvalue weighted by atomic mass is 35.5. The number of hydrogen-bond donors (Lipinski definition) is 0. The van der Waals surface area contributed by atoms with Gasteiger partial charge < -0.3 is 0 Å². The molecule has 0 spiro atoms. The molecule has 2 nitrogen and oxygen atoms in total. The summed E-state index contributed by atoms with van der Waals surface area (Å²) >= 11 is 5.71. The maximum absolute atomic E-state index is 10.4. The van der Waals surface area contributed by atoms with Crippen molar-refractivity contribution in [3.05, 3.63) is 35.9 Å². The highest BCUT2D eigenvalue weighted by Crippen LogP contribution is 2.28. The average Bonchev–Trinajstić information content (AvgIpc) is 2.16. The van der Waals surface area contributed by atoms with Crippen molar-refractivity contribution in [1.29, 1.82) is 0 Å². The summed E-state index contributed by atoms with van der Waals surface area (Å²) in [4.78, 5) is 14.2. The van der Waals surface area contributed by atoms with Gasteiger partial charge in [-0.3, -0.25) is 9.79 Å². The van der Waals surface area contributed by atoms with E-state index in [2.05, 4.69) is 18.3 Å². The Morgan fingerprint density at radius 2 is 2.23 bits per heavy atom. The maximum atomic E-state index is 10.4. The second-order valence-electron chi connectivity index (χ2n) is 2.46. The van der Waals surface area contributed by atoms with Gasteiger partial charge in [-0.05, 0) is 12.8 Å². The molecule has 0 N–H and O–H groups in total. The van der Waals surface area contributed by atoms with Gasteiger partial charge in [0.2, 0.25) is 0 Å². The molecule has 1 aromatic rings. The largest absolute Gasteiger partial charge is 0.298 e. The maximum Gasteiger partial charge on any atom is 0.150 e. The molecule has 0 aromatic heterocycles. The van der Waals surface area contributed by atoms with Gasteiger partial charge in [0.05, 0.1) is 5.69 Å². The third-order valence-electron chi connectivity index (χ3n) is 1.62. The van der Waals surface area contributed by atoms with Crippen molar-refractivity contribution < 1.29 is 4.79 Å². The summed E-state index contributed by atoms with van der Waals surface area (Å²) in [5.74, 6) is 0. The minimum Gasteiger partial charge on any atom is -0.298 e. The van der Waals surface area contributed by atoms with E-state index in [0.717, 1.165) is 6.29 Å². The molecule has 0 saturated carbocycles. The summed E-state index contributed by atoms with van der Waals surface area (Å²) in [6.07, 6.45) is 0.745. The molecule has 0 saturated heterocycles. The van der Waals surface area contributed by atoms with Crippen LogP contribution in [0.1, 0.15) is 15.9 Å². The van der Waals surface area contributed by atoms with E-state index in [0.29, 0.717) is 21.8 Å². The molecule has 1 aromatic carbocycles. The van der Waals surface area contributed by atoms with Gasteiger partial charge in [0.1, 0.15) is 6.29 Å². The van der Waals surface area contributed by atoms with E-state index in [4.69, 9.17) is 11.6 Å². The van der Waals surface area contributed by atoms with Crippen LogP contribution < -0.4 is 0 Å². The third kappa shape index (κ3) is 2.04. The van der Waals surface area contributed by atoms with Gasteiger partial charge >= 0.3 is 0 Å². The van der Waals surface area contributed by atoms with Crippen molar-refractivity contribution in [2.75, 3.05) is 0 Å². The van der Waals surface area contributed by atoms with Gasteiger partial charge in [-0.2, -0.15) is 0 Å². The molecule has 0 amide bonds. The summed E-state index contributed by atoms with van der Waals surface area (Å²) in [5.41, 5.74) is 1.82. The molecule has 0 heterocycles. The highest BCUT2D eigenvalue weighted by Gasteiger charge is 2.03. The molecule has 0 aliphatic rings. The number of rotatable bonds is 3. The Hall–Kier alpha value is -1.41. The van der Waals surface area contributed by atoms with E-state index in [-0.39, 0.29) is 0 Å². The van der Waals surface area contributed by atoms with Crippen molar-refractivity contribution in [1.82, 2.24) is 0 Å². The fraction of sp³-hybridized carbons (Fsp3) is 0. The van der Waals surface area contributed by atoms with Crippen LogP contribution in [0.3, 0.4) is 0 Å². The lowest BCUT2D eigenvalue weighted by molar-refractivity contribution is 0.112. The van der Waals surface area contributed by atoms with Crippen LogP contribution >= 0.6 is 11.6 Å². The monoisotopic (exact) mass is 193 g/mol. The quantitative estimate of drug-likeness (QED) is 0.536. The van der Waals surface area contributed by atoms with E-state index in [1.165, 1.54) is 0 Å². The molecule has 3 heteroatoms. The molecular weight excluding hydrogens is 186 g/mol. The SMILES string of the molecule is C=Nc1cc(C=O)ccc1C(=C)Cl. The molecule has 0 aliphatic heterocycles. The highest BCUT2D eigenvalue weighted by molar-refractivity contribution is 6.48. The zero-order chi connectivity index (χ0) is 9.84. The van der Waals surface area contributed by atoms with Gasteiger partial charge in [0, 0.05) is 16.2 Å². The Bertz CT molecular complexity index is 371. The summed E-state index contributed by atoms with van der Waals surface area (Å²) in [5, 5.41) is 0.389. The Labute approximate surface area is 81.6 Å². The molecule has 0 aliphatic carbocycles. The number of nitrogens with zero attached hydrogens (tertiary/aromatic N) is 1. The molecule has 13 heavy (non-hydrogen) atoms. The Kier molecular flexibility index (Phi) is 2.98. The standard InChI is InChI=1S/C10H8ClNO/c1-7(11)9-4-3-8(6-13)5-10(9)12-2/h3-6H,1-2H2. The predicted octanol–water partition coefficient (Wildman–Crippen LogP) is 3.04. The number of aldehydes is 1. The van der Waals surface area contributed by atoms with E-state index in [9.17, 15) is 4.79 Å². The van der Waals surface area contributed by atoms with E-state index >= 15 is 0 Å². The van der Waals surface area contributed by atoms with E-state index < -0.39 is 0 Å². The van der Waals surface area contributed by atoms with Crippen LogP contribution in [0.4, 0.5) is 5.69 Å². The second kappa shape index (κ2) is 4.01. The van der Waals surface area contributed by atoms with Crippen molar-refractivity contribution in [2.24, 2.45) is 4.99 Å². The first-order valence-electron chi connectivity index (χ1n) is 3.59. The van der Waals surface area contributed by atoms with Gasteiger partial charge in [0.25, 0.3) is 0 Å². The predicted molar refractivity (Wildman–Crippen MR) is 55.9 cm³/mol. The normalized spacial score (nSPS) is 9.31. The minimum absolute atomic E-state index is 0.389. The molecular formula is C10H8ClNO. The van der Waals surface area contributed by atoms with Gasteiger partial charge in [-0.15, -0.1) is 0 Å². The minimum atomic E-state index is 0.389. The number of carbonyl (C=O) groups excluding carboxylic acids is 1. The van der Waals surface area contributed by atoms with Crippen molar-refractivity contribution in [3.8, 4) is 0 Å². The Morgan fingerprint density at radius 3 is 2.69 bits per heavy atom. The van der Waals surface area contributed by atoms with Crippen LogP contribution in [-0.4, -0.2) is 13.0 Å². The second-order valence-corrected chi connectivity index (χ2v) is 2.91. The van der Waals surface area contributed by atoms with Crippen LogP contribution in [-0.2, 0) is 0 Å². The molecule has 0 bridgehead atoms. The third-order valence-corrected chi connectivity index (χ3v) is 1.82. The van der Waals surface area contributed by atoms with E-state index in [1.807, 2.05) is 0 Å². The smallest absolute Gasteiger partial charge is 0.150 e. The number of halogens is 1.